The second-order valence-corrected chi connectivity index (χ2v) is 6.63. The van der Waals surface area contributed by atoms with E-state index in [-0.39, 0.29) is 5.91 Å². The molecule has 1 fully saturated rings. The molecule has 0 spiro atoms. The van der Waals surface area contributed by atoms with Gasteiger partial charge in [-0.05, 0) is 18.6 Å². The number of amides is 1. The summed E-state index contributed by atoms with van der Waals surface area (Å²) in [4.78, 5) is 13.4. The van der Waals surface area contributed by atoms with E-state index in [1.54, 1.807) is 7.11 Å². The Hall–Kier alpha value is -1.75. The molecule has 1 amide bonds. The van der Waals surface area contributed by atoms with E-state index in [1.807, 2.05) is 24.3 Å². The summed E-state index contributed by atoms with van der Waals surface area (Å²) in [6.07, 6.45) is 1.28. The number of carbonyl (C=O) groups excluding carboxylic acids is 1. The van der Waals surface area contributed by atoms with Crippen LogP contribution in [0.1, 0.15) is 20.3 Å². The van der Waals surface area contributed by atoms with E-state index in [4.69, 9.17) is 9.47 Å². The van der Waals surface area contributed by atoms with Crippen LogP contribution in [0.3, 0.4) is 0 Å². The van der Waals surface area contributed by atoms with Gasteiger partial charge in [0.2, 0.25) is 0 Å². The van der Waals surface area contributed by atoms with Gasteiger partial charge >= 0.3 is 0 Å². The van der Waals surface area contributed by atoms with E-state index in [1.165, 1.54) is 11.3 Å². The number of hydrogen-bond donors (Lipinski definition) is 2. The van der Waals surface area contributed by atoms with Crippen molar-refractivity contribution in [3.63, 3.8) is 0 Å². The largest absolute Gasteiger partial charge is 0.493 e. The quantitative estimate of drug-likeness (QED) is 0.729. The van der Waals surface area contributed by atoms with Crippen molar-refractivity contribution in [1.82, 2.24) is 5.32 Å². The number of para-hydroxylation sites is 2. The fraction of sp³-hybridized carbons (Fsp3) is 0.611. The van der Waals surface area contributed by atoms with Crippen LogP contribution in [0.4, 0.5) is 0 Å². The summed E-state index contributed by atoms with van der Waals surface area (Å²) in [6.45, 7) is 8.24. The molecule has 0 aromatic heterocycles. The molecule has 1 saturated heterocycles. The first-order chi connectivity index (χ1) is 11.1. The molecule has 2 atom stereocenters. The predicted octanol–water partition coefficient (Wildman–Crippen LogP) is 0.751. The van der Waals surface area contributed by atoms with Gasteiger partial charge < -0.3 is 19.7 Å². The fourth-order valence-electron chi connectivity index (χ4n) is 3.45. The molecule has 1 aliphatic rings. The highest BCUT2D eigenvalue weighted by molar-refractivity contribution is 5.76. The molecule has 1 aromatic carbocycles. The van der Waals surface area contributed by atoms with Crippen molar-refractivity contribution in [2.24, 2.45) is 11.8 Å². The van der Waals surface area contributed by atoms with Gasteiger partial charge in [-0.3, -0.25) is 4.79 Å². The molecule has 0 unspecified atom stereocenters. The third-order valence-corrected chi connectivity index (χ3v) is 4.24. The number of rotatable bonds is 7. The van der Waals surface area contributed by atoms with Crippen molar-refractivity contribution < 1.29 is 19.2 Å². The topological polar surface area (TPSA) is 52.0 Å². The van der Waals surface area contributed by atoms with E-state index >= 15 is 0 Å². The Morgan fingerprint density at radius 3 is 2.52 bits per heavy atom. The molecule has 0 bridgehead atoms. The zero-order valence-corrected chi connectivity index (χ0v) is 14.4. The minimum Gasteiger partial charge on any atom is -0.493 e. The first-order valence-electron chi connectivity index (χ1n) is 8.44. The van der Waals surface area contributed by atoms with E-state index in [0.717, 1.165) is 13.1 Å². The normalized spacial score (nSPS) is 24.0. The van der Waals surface area contributed by atoms with Crippen LogP contribution >= 0.6 is 0 Å². The first kappa shape index (κ1) is 17.6. The molecule has 1 heterocycles. The lowest BCUT2D eigenvalue weighted by atomic mass is 9.92. The van der Waals surface area contributed by atoms with Gasteiger partial charge in [0.05, 0.1) is 26.7 Å². The smallest absolute Gasteiger partial charge is 0.275 e. The summed E-state index contributed by atoms with van der Waals surface area (Å²) in [5.74, 6) is 2.92. The molecular weight excluding hydrogens is 292 g/mol. The number of hydrogen-bond acceptors (Lipinski definition) is 3. The van der Waals surface area contributed by atoms with Gasteiger partial charge in [-0.1, -0.05) is 26.0 Å². The van der Waals surface area contributed by atoms with E-state index in [9.17, 15) is 4.79 Å². The number of likely N-dealkylation sites (tertiary alicyclic amines) is 1. The lowest BCUT2D eigenvalue weighted by Gasteiger charge is -2.31. The molecule has 128 valence electrons. The van der Waals surface area contributed by atoms with Crippen molar-refractivity contribution in [3.8, 4) is 11.5 Å². The Morgan fingerprint density at radius 2 is 1.87 bits per heavy atom. The lowest BCUT2D eigenvalue weighted by Crippen LogP contribution is -3.15. The van der Waals surface area contributed by atoms with Crippen LogP contribution in [0.15, 0.2) is 24.3 Å². The zero-order chi connectivity index (χ0) is 16.7. The molecule has 2 rings (SSSR count). The number of piperidine rings is 1. The van der Waals surface area contributed by atoms with Crippen LogP contribution in [-0.2, 0) is 4.79 Å². The number of methoxy groups -OCH3 is 1. The maximum absolute atomic E-state index is 12.0. The summed E-state index contributed by atoms with van der Waals surface area (Å²) in [5.41, 5.74) is 0. The minimum absolute atomic E-state index is 0.102. The molecule has 1 aromatic rings. The Labute approximate surface area is 139 Å². The van der Waals surface area contributed by atoms with Gasteiger partial charge in [-0.15, -0.1) is 0 Å². The van der Waals surface area contributed by atoms with Crippen molar-refractivity contribution in [1.29, 1.82) is 0 Å². The van der Waals surface area contributed by atoms with Gasteiger partial charge in [0.25, 0.3) is 5.91 Å². The Bertz CT molecular complexity index is 497. The van der Waals surface area contributed by atoms with E-state index in [2.05, 4.69) is 19.2 Å². The maximum atomic E-state index is 12.0. The highest BCUT2D eigenvalue weighted by Crippen LogP contribution is 2.25. The molecule has 0 aliphatic carbocycles. The van der Waals surface area contributed by atoms with Crippen molar-refractivity contribution >= 4 is 5.91 Å². The van der Waals surface area contributed by atoms with Gasteiger partial charge in [0.1, 0.15) is 6.61 Å². The third kappa shape index (κ3) is 5.75. The molecule has 2 N–H and O–H groups in total. The standard InChI is InChI=1S/C18H28N2O3/c1-14-10-15(2)12-20(11-14)13-18(21)19-8-9-23-17-7-5-4-6-16(17)22-3/h4-7,14-15H,8-13H2,1-3H3,(H,19,21)/p+1/t14-,15-/m0/s1. The molecule has 0 saturated carbocycles. The molecule has 1 aliphatic heterocycles. The monoisotopic (exact) mass is 321 g/mol. The Balaban J connectivity index is 1.67. The number of benzene rings is 1. The lowest BCUT2D eigenvalue weighted by molar-refractivity contribution is -0.904. The summed E-state index contributed by atoms with van der Waals surface area (Å²) >= 11 is 0. The fourth-order valence-corrected chi connectivity index (χ4v) is 3.45. The van der Waals surface area contributed by atoms with Crippen LogP contribution < -0.4 is 19.7 Å². The average molecular weight is 321 g/mol. The summed E-state index contributed by atoms with van der Waals surface area (Å²) in [5, 5.41) is 2.94. The van der Waals surface area contributed by atoms with Gasteiger partial charge in [-0.2, -0.15) is 0 Å². The van der Waals surface area contributed by atoms with Gasteiger partial charge in [-0.25, -0.2) is 0 Å². The van der Waals surface area contributed by atoms with Gasteiger partial charge in [0, 0.05) is 11.8 Å². The second-order valence-electron chi connectivity index (χ2n) is 6.63. The van der Waals surface area contributed by atoms with Crippen molar-refractivity contribution in [2.45, 2.75) is 20.3 Å². The number of carbonyl (C=O) groups is 1. The first-order valence-corrected chi connectivity index (χ1v) is 8.44. The highest BCUT2D eigenvalue weighted by atomic mass is 16.5. The SMILES string of the molecule is COc1ccccc1OCCNC(=O)C[NH+]1C[C@@H](C)C[C@H](C)C1. The van der Waals surface area contributed by atoms with Gasteiger partial charge in [0.15, 0.2) is 18.0 Å². The Morgan fingerprint density at radius 1 is 1.22 bits per heavy atom. The molecule has 5 nitrogen and oxygen atoms in total. The summed E-state index contributed by atoms with van der Waals surface area (Å²) in [6, 6.07) is 7.52. The molecule has 23 heavy (non-hydrogen) atoms. The van der Waals surface area contributed by atoms with Crippen LogP contribution in [0.5, 0.6) is 11.5 Å². The maximum Gasteiger partial charge on any atom is 0.275 e. The Kier molecular flexibility index (Phi) is 6.71. The van der Waals surface area contributed by atoms with E-state index in [0.29, 0.717) is 43.0 Å². The van der Waals surface area contributed by atoms with Crippen LogP contribution in [-0.4, -0.2) is 45.8 Å². The third-order valence-electron chi connectivity index (χ3n) is 4.24. The van der Waals surface area contributed by atoms with Crippen LogP contribution in [0, 0.1) is 11.8 Å². The predicted molar refractivity (Wildman–Crippen MR) is 90.0 cm³/mol. The number of quaternary nitrogens is 1. The van der Waals surface area contributed by atoms with Crippen LogP contribution in [0.2, 0.25) is 0 Å². The van der Waals surface area contributed by atoms with Crippen molar-refractivity contribution in [2.75, 3.05) is 39.9 Å². The number of nitrogens with one attached hydrogen (secondary N) is 2. The average Bonchev–Trinajstić information content (AvgIpc) is 2.51. The zero-order valence-electron chi connectivity index (χ0n) is 14.4. The second kappa shape index (κ2) is 8.77. The molecule has 0 radical (unpaired) electrons. The molecule has 5 heteroatoms. The van der Waals surface area contributed by atoms with Crippen molar-refractivity contribution in [3.05, 3.63) is 24.3 Å². The summed E-state index contributed by atoms with van der Waals surface area (Å²) in [7, 11) is 1.62. The minimum atomic E-state index is 0.102. The molecular formula is C18H29N2O3+. The summed E-state index contributed by atoms with van der Waals surface area (Å²) < 4.78 is 10.9. The highest BCUT2D eigenvalue weighted by Gasteiger charge is 2.26. The van der Waals surface area contributed by atoms with Crippen LogP contribution in [0.25, 0.3) is 0 Å². The number of ether oxygens (including phenoxy) is 2. The van der Waals surface area contributed by atoms with E-state index < -0.39 is 0 Å².